The van der Waals surface area contributed by atoms with Crippen LogP contribution in [0, 0.1) is 29.1 Å². The van der Waals surface area contributed by atoms with Gasteiger partial charge < -0.3 is 19.1 Å². The lowest BCUT2D eigenvalue weighted by atomic mass is 9.82. The number of hydrogen-bond donors (Lipinski definition) is 1. The Hall–Kier alpha value is -4.14. The Morgan fingerprint density at radius 1 is 1.09 bits per heavy atom. The van der Waals surface area contributed by atoms with Gasteiger partial charge in [0, 0.05) is 23.6 Å². The molecule has 2 aromatic rings. The highest BCUT2D eigenvalue weighted by molar-refractivity contribution is 7.91. The van der Waals surface area contributed by atoms with Crippen LogP contribution in [0.1, 0.15) is 92.4 Å². The number of fused-ring (bicyclic) bond motifs is 3. The van der Waals surface area contributed by atoms with Crippen LogP contribution in [0.15, 0.2) is 42.6 Å². The number of ether oxygens (including phenoxy) is 3. The Balaban J connectivity index is 1.34. The number of Topliss-reactive ketones (excluding diaryl/α,β-unsaturated/α-hetero) is 1. The Bertz CT molecular complexity index is 1970. The second-order valence-electron chi connectivity index (χ2n) is 16.8. The highest BCUT2D eigenvalue weighted by Crippen LogP contribution is 2.57. The number of nitrogens with one attached hydrogen (secondary N) is 1. The van der Waals surface area contributed by atoms with Crippen LogP contribution in [0.25, 0.3) is 10.8 Å². The fourth-order valence-corrected chi connectivity index (χ4v) is 9.57. The number of carbonyl (C=O) groups is 4. The maximum atomic E-state index is 14.8. The van der Waals surface area contributed by atoms with Gasteiger partial charge in [-0.05, 0) is 83.1 Å². The van der Waals surface area contributed by atoms with Crippen LogP contribution < -0.4 is 14.2 Å². The van der Waals surface area contributed by atoms with Gasteiger partial charge in [0.15, 0.2) is 5.78 Å². The molecule has 56 heavy (non-hydrogen) atoms. The minimum absolute atomic E-state index is 0.0345. The number of pyridine rings is 1. The molecule has 2 aliphatic heterocycles. The van der Waals surface area contributed by atoms with E-state index in [1.807, 2.05) is 19.1 Å². The zero-order valence-electron chi connectivity index (χ0n) is 32.7. The lowest BCUT2D eigenvalue weighted by Crippen LogP contribution is -2.48. The van der Waals surface area contributed by atoms with Crippen molar-refractivity contribution in [2.75, 3.05) is 13.2 Å². The van der Waals surface area contributed by atoms with Crippen LogP contribution >= 0.6 is 0 Å². The second kappa shape index (κ2) is 16.4. The van der Waals surface area contributed by atoms with Crippen LogP contribution in [0.4, 0.5) is 8.78 Å². The zero-order chi connectivity index (χ0) is 40.6. The van der Waals surface area contributed by atoms with Crippen molar-refractivity contribution < 1.29 is 50.6 Å². The highest BCUT2D eigenvalue weighted by Gasteiger charge is 2.62. The molecular formula is C41H53F2N3O9S. The number of sulfonamides is 1. The summed E-state index contributed by atoms with van der Waals surface area (Å²) in [6.07, 6.45) is 4.14. The number of benzene rings is 1. The number of rotatable bonds is 11. The number of esters is 1. The minimum atomic E-state index is -3.99. The van der Waals surface area contributed by atoms with Crippen LogP contribution in [0.3, 0.4) is 0 Å². The summed E-state index contributed by atoms with van der Waals surface area (Å²) < 4.78 is 70.9. The van der Waals surface area contributed by atoms with Gasteiger partial charge in [-0.15, -0.1) is 0 Å². The van der Waals surface area contributed by atoms with Crippen LogP contribution in [0.2, 0.25) is 0 Å². The second-order valence-corrected chi connectivity index (χ2v) is 19.0. The molecule has 1 N–H and O–H groups in total. The molecule has 0 spiro atoms. The van der Waals surface area contributed by atoms with Crippen LogP contribution in [0.5, 0.6) is 11.6 Å². The molecule has 6 rings (SSSR count). The summed E-state index contributed by atoms with van der Waals surface area (Å²) in [4.78, 5) is 62.3. The molecular weight excluding hydrogens is 749 g/mol. The smallest absolute Gasteiger partial charge is 0.306 e. The summed E-state index contributed by atoms with van der Waals surface area (Å²) >= 11 is 0. The molecule has 4 aliphatic rings. The van der Waals surface area contributed by atoms with Gasteiger partial charge in [-0.25, -0.2) is 22.2 Å². The molecule has 0 radical (unpaired) electrons. The largest absolute Gasteiger partial charge is 0.485 e. The summed E-state index contributed by atoms with van der Waals surface area (Å²) in [5.74, 6) is -3.05. The Kier molecular flexibility index (Phi) is 12.1. The van der Waals surface area contributed by atoms with E-state index in [9.17, 15) is 36.4 Å². The molecule has 1 aromatic carbocycles. The average molecular weight is 802 g/mol. The molecule has 306 valence electrons. The molecule has 0 unspecified atom stereocenters. The molecule has 2 saturated carbocycles. The zero-order valence-corrected chi connectivity index (χ0v) is 33.5. The van der Waals surface area contributed by atoms with Crippen LogP contribution in [-0.4, -0.2) is 84.4 Å². The summed E-state index contributed by atoms with van der Waals surface area (Å²) in [6.45, 7) is 8.21. The van der Waals surface area contributed by atoms with Gasteiger partial charge in [-0.2, -0.15) is 0 Å². The average Bonchev–Trinajstić information content (AvgIpc) is 4.01. The van der Waals surface area contributed by atoms with Crippen molar-refractivity contribution in [3.63, 3.8) is 0 Å². The van der Waals surface area contributed by atoms with E-state index in [0.29, 0.717) is 36.5 Å². The van der Waals surface area contributed by atoms with Gasteiger partial charge >= 0.3 is 5.97 Å². The van der Waals surface area contributed by atoms with Crippen molar-refractivity contribution >= 4 is 44.4 Å². The third-order valence-corrected chi connectivity index (χ3v) is 14.1. The maximum absolute atomic E-state index is 14.8. The Morgan fingerprint density at radius 3 is 2.48 bits per heavy atom. The highest BCUT2D eigenvalue weighted by atomic mass is 32.2. The van der Waals surface area contributed by atoms with Gasteiger partial charge in [-0.3, -0.25) is 23.9 Å². The molecule has 1 saturated heterocycles. The molecule has 12 nitrogen and oxygen atoms in total. The Labute approximate surface area is 327 Å². The summed E-state index contributed by atoms with van der Waals surface area (Å²) in [6, 6.07) is 5.79. The number of alkyl halides is 2. The molecule has 1 aromatic heterocycles. The first-order valence-electron chi connectivity index (χ1n) is 19.6. The van der Waals surface area contributed by atoms with Gasteiger partial charge in [0.05, 0.1) is 47.4 Å². The molecule has 7 atom stereocenters. The minimum Gasteiger partial charge on any atom is -0.485 e. The van der Waals surface area contributed by atoms with E-state index in [2.05, 4.69) is 16.6 Å². The van der Waals surface area contributed by atoms with E-state index in [0.717, 1.165) is 6.42 Å². The van der Waals surface area contributed by atoms with Gasteiger partial charge in [0.2, 0.25) is 27.7 Å². The van der Waals surface area contributed by atoms with Gasteiger partial charge in [0.1, 0.15) is 18.5 Å². The van der Waals surface area contributed by atoms with Crippen molar-refractivity contribution in [3.05, 3.63) is 42.6 Å². The first kappa shape index (κ1) is 41.5. The number of amides is 2. The SMILES string of the molecule is CC(C)OC(=O)C[C@@H]1C(=O)N2C[C@H](Oc3ncc(OCC(F)F)c4ccccc34)C[C@H]2C(=O)C[C@]2(C(=O)NS(=O)(=O)C3(C)CC3)C[C@H]2/C=C\CC[C@@H](C)C[C@H]1C. The number of hydrogen-bond acceptors (Lipinski definition) is 10. The fraction of sp³-hybridized carbons (Fsp3) is 0.634. The summed E-state index contributed by atoms with van der Waals surface area (Å²) in [7, 11) is -3.99. The van der Waals surface area contributed by atoms with Crippen molar-refractivity contribution in [2.45, 2.75) is 122 Å². The lowest BCUT2D eigenvalue weighted by molar-refractivity contribution is -0.154. The standard InChI is InChI=1S/C41H53F2N3O9S/c1-24(2)54-36(48)18-31-26(4)16-25(3)10-6-7-11-27-19-41(27,39(50)45-56(51,52)40(5)14-15-40)20-33(47)32-17-28(22-46(32)38(31)49)55-37-30-13-9-8-12-29(30)34(21-44-37)53-23-35(42)43/h7-9,11-13,21,24-28,31-32,35H,6,10,14-20,22-23H2,1-5H3,(H,45,50)/b11-7-/t25-,26-,27-,28-,31+,32+,41-/m1/s1. The molecule has 0 bridgehead atoms. The third kappa shape index (κ3) is 9.02. The van der Waals surface area contributed by atoms with E-state index < -0.39 is 81.0 Å². The quantitative estimate of drug-likeness (QED) is 0.206. The third-order valence-electron chi connectivity index (χ3n) is 11.9. The van der Waals surface area contributed by atoms with Gasteiger partial charge in [-0.1, -0.05) is 44.2 Å². The van der Waals surface area contributed by atoms with E-state index >= 15 is 0 Å². The van der Waals surface area contributed by atoms with E-state index in [-0.39, 0.29) is 61.6 Å². The summed E-state index contributed by atoms with van der Waals surface area (Å²) in [5, 5.41) is 0.965. The molecule has 2 aliphatic carbocycles. The van der Waals surface area contributed by atoms with Crippen molar-refractivity contribution in [1.82, 2.24) is 14.6 Å². The van der Waals surface area contributed by atoms with Gasteiger partial charge in [0.25, 0.3) is 6.43 Å². The fourth-order valence-electron chi connectivity index (χ4n) is 8.24. The normalized spacial score (nSPS) is 29.8. The summed E-state index contributed by atoms with van der Waals surface area (Å²) in [5.41, 5.74) is -1.31. The number of halogens is 2. The topological polar surface area (TPSA) is 158 Å². The van der Waals surface area contributed by atoms with E-state index in [1.165, 1.54) is 11.1 Å². The first-order valence-corrected chi connectivity index (χ1v) is 21.1. The molecule has 15 heteroatoms. The lowest BCUT2D eigenvalue weighted by Gasteiger charge is -2.32. The predicted octanol–water partition coefficient (Wildman–Crippen LogP) is 6.16. The van der Waals surface area contributed by atoms with Crippen molar-refractivity contribution in [1.29, 1.82) is 0 Å². The Morgan fingerprint density at radius 2 is 1.80 bits per heavy atom. The van der Waals surface area contributed by atoms with Crippen molar-refractivity contribution in [2.24, 2.45) is 29.1 Å². The van der Waals surface area contributed by atoms with E-state index in [1.54, 1.807) is 45.0 Å². The number of ketones is 1. The number of aromatic nitrogens is 1. The molecule has 2 amide bonds. The number of allylic oxidation sites excluding steroid dienone is 2. The van der Waals surface area contributed by atoms with Crippen molar-refractivity contribution in [3.8, 4) is 11.6 Å². The number of nitrogens with zero attached hydrogens (tertiary/aromatic N) is 2. The van der Waals surface area contributed by atoms with E-state index in [4.69, 9.17) is 14.2 Å². The maximum Gasteiger partial charge on any atom is 0.306 e. The first-order chi connectivity index (χ1) is 26.4. The number of carbonyl (C=O) groups excluding carboxylic acids is 4. The molecule has 3 fully saturated rings. The monoisotopic (exact) mass is 801 g/mol. The van der Waals surface area contributed by atoms with Crippen LogP contribution in [-0.2, 0) is 33.9 Å². The predicted molar refractivity (Wildman–Crippen MR) is 203 cm³/mol. The molecule has 3 heterocycles.